The number of benzene rings is 1. The topological polar surface area (TPSA) is 88.6 Å². The fourth-order valence-corrected chi connectivity index (χ4v) is 2.25. The van der Waals surface area contributed by atoms with Crippen LogP contribution in [0.5, 0.6) is 0 Å². The lowest BCUT2D eigenvalue weighted by Gasteiger charge is -2.21. The minimum absolute atomic E-state index is 0. The summed E-state index contributed by atoms with van der Waals surface area (Å²) in [5, 5.41) is 18.2. The number of guanidine groups is 1. The molecule has 1 heterocycles. The number of rotatable bonds is 5. The van der Waals surface area contributed by atoms with Gasteiger partial charge in [0.15, 0.2) is 5.96 Å². The van der Waals surface area contributed by atoms with Gasteiger partial charge in [0.05, 0.1) is 11.1 Å². The molecule has 0 atom stereocenters. The van der Waals surface area contributed by atoms with E-state index in [-0.39, 0.29) is 29.7 Å². The number of hydrogen-bond donors (Lipinski definition) is 1. The standard InChI is InChI=1S/C15H20N6O2.HI/c1-16-15(19(2)10-13-9-18-20(3)11-13)17-8-12-5-4-6-14(7-12)21(22)23;/h4-7,9,11H,8,10H2,1-3H3,(H,16,17);1H. The first-order chi connectivity index (χ1) is 11.0. The predicted octanol–water partition coefficient (Wildman–Crippen LogP) is 2.15. The Labute approximate surface area is 157 Å². The van der Waals surface area contributed by atoms with Crippen molar-refractivity contribution in [3.63, 3.8) is 0 Å². The van der Waals surface area contributed by atoms with E-state index in [4.69, 9.17) is 0 Å². The Morgan fingerprint density at radius 2 is 2.21 bits per heavy atom. The first-order valence-corrected chi connectivity index (χ1v) is 7.12. The zero-order valence-electron chi connectivity index (χ0n) is 13.8. The first kappa shape index (κ1) is 19.9. The second-order valence-electron chi connectivity index (χ2n) is 5.21. The molecule has 1 aromatic carbocycles. The Balaban J connectivity index is 0.00000288. The Hall–Kier alpha value is -2.17. The molecule has 1 N–H and O–H groups in total. The van der Waals surface area contributed by atoms with E-state index >= 15 is 0 Å². The quantitative estimate of drug-likeness (QED) is 0.251. The summed E-state index contributed by atoms with van der Waals surface area (Å²) in [6.07, 6.45) is 3.76. The van der Waals surface area contributed by atoms with Gasteiger partial charge in [-0.15, -0.1) is 24.0 Å². The highest BCUT2D eigenvalue weighted by Crippen LogP contribution is 2.13. The minimum Gasteiger partial charge on any atom is -0.352 e. The molecule has 0 bridgehead atoms. The Morgan fingerprint density at radius 1 is 1.46 bits per heavy atom. The highest BCUT2D eigenvalue weighted by molar-refractivity contribution is 14.0. The Morgan fingerprint density at radius 3 is 2.79 bits per heavy atom. The first-order valence-electron chi connectivity index (χ1n) is 7.12. The molecule has 0 aliphatic heterocycles. The van der Waals surface area contributed by atoms with E-state index in [1.54, 1.807) is 23.9 Å². The average molecular weight is 444 g/mol. The van der Waals surface area contributed by atoms with E-state index in [2.05, 4.69) is 15.4 Å². The highest BCUT2D eigenvalue weighted by Gasteiger charge is 2.09. The van der Waals surface area contributed by atoms with E-state index in [0.717, 1.165) is 11.1 Å². The van der Waals surface area contributed by atoms with Crippen molar-refractivity contribution in [2.45, 2.75) is 13.1 Å². The molecule has 8 nitrogen and oxygen atoms in total. The number of nitro benzene ring substituents is 1. The molecule has 0 aliphatic rings. The third kappa shape index (κ3) is 5.48. The van der Waals surface area contributed by atoms with Crippen LogP contribution >= 0.6 is 24.0 Å². The van der Waals surface area contributed by atoms with E-state index in [1.165, 1.54) is 6.07 Å². The van der Waals surface area contributed by atoms with Crippen LogP contribution in [0.1, 0.15) is 11.1 Å². The van der Waals surface area contributed by atoms with E-state index in [0.29, 0.717) is 19.0 Å². The molecular weight excluding hydrogens is 423 g/mol. The summed E-state index contributed by atoms with van der Waals surface area (Å²) in [6.45, 7) is 1.13. The summed E-state index contributed by atoms with van der Waals surface area (Å²) >= 11 is 0. The number of halogens is 1. The fourth-order valence-electron chi connectivity index (χ4n) is 2.25. The van der Waals surface area contributed by atoms with Crippen LogP contribution in [0.2, 0.25) is 0 Å². The van der Waals surface area contributed by atoms with E-state index < -0.39 is 4.92 Å². The van der Waals surface area contributed by atoms with Crippen LogP contribution in [0, 0.1) is 10.1 Å². The van der Waals surface area contributed by atoms with Gasteiger partial charge in [0, 0.05) is 58.1 Å². The summed E-state index contributed by atoms with van der Waals surface area (Å²) < 4.78 is 1.75. The number of hydrogen-bond acceptors (Lipinski definition) is 4. The van der Waals surface area contributed by atoms with Gasteiger partial charge in [-0.2, -0.15) is 5.10 Å². The molecule has 0 unspecified atom stereocenters. The number of non-ortho nitro benzene ring substituents is 1. The zero-order valence-corrected chi connectivity index (χ0v) is 16.2. The van der Waals surface area contributed by atoms with Crippen LogP contribution < -0.4 is 5.32 Å². The lowest BCUT2D eigenvalue weighted by Crippen LogP contribution is -2.37. The molecule has 1 aromatic heterocycles. The molecule has 2 rings (SSSR count). The zero-order chi connectivity index (χ0) is 16.8. The van der Waals surface area contributed by atoms with Gasteiger partial charge in [-0.05, 0) is 5.56 Å². The molecule has 0 fully saturated rings. The molecule has 130 valence electrons. The van der Waals surface area contributed by atoms with Crippen molar-refractivity contribution in [2.75, 3.05) is 14.1 Å². The summed E-state index contributed by atoms with van der Waals surface area (Å²) in [5.41, 5.74) is 1.99. The van der Waals surface area contributed by atoms with E-state index in [1.807, 2.05) is 37.5 Å². The van der Waals surface area contributed by atoms with Crippen molar-refractivity contribution in [3.8, 4) is 0 Å². The second kappa shape index (κ2) is 9.21. The van der Waals surface area contributed by atoms with Crippen LogP contribution in [0.25, 0.3) is 0 Å². The van der Waals surface area contributed by atoms with Gasteiger partial charge in [0.1, 0.15) is 0 Å². The average Bonchev–Trinajstić information content (AvgIpc) is 2.93. The highest BCUT2D eigenvalue weighted by atomic mass is 127. The molecule has 24 heavy (non-hydrogen) atoms. The summed E-state index contributed by atoms with van der Waals surface area (Å²) in [5.74, 6) is 0.709. The molecule has 2 aromatic rings. The van der Waals surface area contributed by atoms with Gasteiger partial charge in [0.25, 0.3) is 5.69 Å². The lowest BCUT2D eigenvalue weighted by atomic mass is 10.2. The van der Waals surface area contributed by atoms with E-state index in [9.17, 15) is 10.1 Å². The Kier molecular flexibility index (Phi) is 7.62. The molecule has 0 aliphatic carbocycles. The van der Waals surface area contributed by atoms with Gasteiger partial charge >= 0.3 is 0 Å². The number of aliphatic imine (C=N–C) groups is 1. The molecule has 0 saturated carbocycles. The van der Waals surface area contributed by atoms with Gasteiger partial charge < -0.3 is 10.2 Å². The number of nitrogens with one attached hydrogen (secondary N) is 1. The number of nitro groups is 1. The lowest BCUT2D eigenvalue weighted by molar-refractivity contribution is -0.384. The number of aromatic nitrogens is 2. The molecule has 0 saturated heterocycles. The van der Waals surface area contributed by atoms with Gasteiger partial charge in [-0.25, -0.2) is 0 Å². The Bertz CT molecular complexity index is 715. The van der Waals surface area contributed by atoms with Crippen molar-refractivity contribution in [3.05, 3.63) is 57.9 Å². The monoisotopic (exact) mass is 444 g/mol. The minimum atomic E-state index is -0.396. The third-order valence-electron chi connectivity index (χ3n) is 3.32. The number of aryl methyl sites for hydroxylation is 1. The number of nitrogens with zero attached hydrogens (tertiary/aromatic N) is 5. The molecule has 0 amide bonds. The van der Waals surface area contributed by atoms with Crippen molar-refractivity contribution in [2.24, 2.45) is 12.0 Å². The van der Waals surface area contributed by atoms with Gasteiger partial charge in [-0.1, -0.05) is 12.1 Å². The molecule has 9 heteroatoms. The molecular formula is C15H21IN6O2. The second-order valence-corrected chi connectivity index (χ2v) is 5.21. The van der Waals surface area contributed by atoms with Crippen molar-refractivity contribution in [1.82, 2.24) is 20.0 Å². The smallest absolute Gasteiger partial charge is 0.269 e. The normalized spacial score (nSPS) is 10.9. The van der Waals surface area contributed by atoms with Crippen LogP contribution in [0.4, 0.5) is 5.69 Å². The summed E-state index contributed by atoms with van der Waals surface area (Å²) in [6, 6.07) is 6.56. The maximum Gasteiger partial charge on any atom is 0.269 e. The van der Waals surface area contributed by atoms with Crippen LogP contribution in [-0.4, -0.2) is 39.7 Å². The van der Waals surface area contributed by atoms with Gasteiger partial charge in [0.2, 0.25) is 0 Å². The van der Waals surface area contributed by atoms with Crippen molar-refractivity contribution in [1.29, 1.82) is 0 Å². The van der Waals surface area contributed by atoms with Crippen LogP contribution in [0.3, 0.4) is 0 Å². The maximum atomic E-state index is 10.8. The SMILES string of the molecule is CN=C(NCc1cccc([N+](=O)[O-])c1)N(C)Cc1cnn(C)c1.I. The van der Waals surface area contributed by atoms with Crippen molar-refractivity contribution < 1.29 is 4.92 Å². The van der Waals surface area contributed by atoms with Crippen molar-refractivity contribution >= 4 is 35.6 Å². The molecule has 0 spiro atoms. The van der Waals surface area contributed by atoms with Crippen LogP contribution in [0.15, 0.2) is 41.7 Å². The summed E-state index contributed by atoms with van der Waals surface area (Å²) in [7, 11) is 5.50. The van der Waals surface area contributed by atoms with Gasteiger partial charge in [-0.3, -0.25) is 19.8 Å². The maximum absolute atomic E-state index is 10.8. The van der Waals surface area contributed by atoms with Crippen LogP contribution in [-0.2, 0) is 20.1 Å². The summed E-state index contributed by atoms with van der Waals surface area (Å²) in [4.78, 5) is 16.6. The fraction of sp³-hybridized carbons (Fsp3) is 0.333. The molecule has 0 radical (unpaired) electrons. The predicted molar refractivity (Wildman–Crippen MR) is 103 cm³/mol. The largest absolute Gasteiger partial charge is 0.352 e. The third-order valence-corrected chi connectivity index (χ3v) is 3.32.